The standard InChI is InChI=1S/C20H17O2Se.BF4/c1-23-17(19(21)15-9-4-2-5-10-15)13-8-14-18(23)20(22)16-11-6-3-7-12-16;2-1(3,4)5/h2-14,17H,1H3;/q+1;-1. The van der Waals surface area contributed by atoms with E-state index >= 15 is 0 Å². The SMILES string of the molecule is C[Se+]1C(C(=O)c2ccccc2)=CC=CC1C(=O)c1ccccc1.F[B-](F)(F)F. The number of hydrogen-bond acceptors (Lipinski definition) is 2. The number of carbonyl (C=O) groups is 2. The van der Waals surface area contributed by atoms with Gasteiger partial charge in [0.1, 0.15) is 0 Å². The first kappa shape index (κ1) is 21.9. The molecule has 2 unspecified atom stereocenters. The van der Waals surface area contributed by atoms with Crippen LogP contribution in [0.1, 0.15) is 20.7 Å². The van der Waals surface area contributed by atoms with Crippen LogP contribution in [0, 0.1) is 0 Å². The quantitative estimate of drug-likeness (QED) is 0.343. The first-order valence-electron chi connectivity index (χ1n) is 8.28. The maximum absolute atomic E-state index is 12.8. The normalized spacial score (nSPS) is 18.5. The van der Waals surface area contributed by atoms with Gasteiger partial charge in [-0.2, -0.15) is 0 Å². The summed E-state index contributed by atoms with van der Waals surface area (Å²) in [4.78, 5) is 25.3. The molecule has 8 heteroatoms. The van der Waals surface area contributed by atoms with E-state index in [0.29, 0.717) is 11.1 Å². The van der Waals surface area contributed by atoms with Crippen molar-refractivity contribution in [2.75, 3.05) is 0 Å². The molecule has 1 aliphatic heterocycles. The fourth-order valence-corrected chi connectivity index (χ4v) is 6.27. The molecule has 0 saturated carbocycles. The van der Waals surface area contributed by atoms with E-state index in [1.54, 1.807) is 0 Å². The van der Waals surface area contributed by atoms with Crippen molar-refractivity contribution < 1.29 is 26.9 Å². The Hall–Kier alpha value is -2.44. The maximum Gasteiger partial charge on any atom is 0.673 e. The zero-order valence-electron chi connectivity index (χ0n) is 14.9. The Kier molecular flexibility index (Phi) is 7.55. The van der Waals surface area contributed by atoms with Gasteiger partial charge in [-0.05, 0) is 0 Å². The molecular formula is C20H17BF4O2Se. The predicted molar refractivity (Wildman–Crippen MR) is 104 cm³/mol. The molecule has 0 bridgehead atoms. The summed E-state index contributed by atoms with van der Waals surface area (Å²) in [5.74, 6) is 2.23. The second-order valence-electron chi connectivity index (χ2n) is 5.81. The monoisotopic (exact) mass is 456 g/mol. The van der Waals surface area contributed by atoms with E-state index in [9.17, 15) is 26.9 Å². The molecule has 0 amide bonds. The van der Waals surface area contributed by atoms with Crippen LogP contribution in [0.15, 0.2) is 83.4 Å². The van der Waals surface area contributed by atoms with Gasteiger partial charge in [0.2, 0.25) is 0 Å². The summed E-state index contributed by atoms with van der Waals surface area (Å²) in [6, 6.07) is 18.6. The summed E-state index contributed by atoms with van der Waals surface area (Å²) in [7, 11) is -6.00. The molecule has 3 rings (SSSR count). The zero-order chi connectivity index (χ0) is 20.7. The van der Waals surface area contributed by atoms with Crippen LogP contribution >= 0.6 is 0 Å². The number of halogens is 4. The number of benzene rings is 2. The van der Waals surface area contributed by atoms with Gasteiger partial charge >= 0.3 is 147 Å². The number of carbonyl (C=O) groups excluding carboxylic acids is 2. The minimum absolute atomic E-state index is 0.0494. The van der Waals surface area contributed by atoms with Crippen LogP contribution in [0.3, 0.4) is 0 Å². The fraction of sp³-hybridized carbons (Fsp3) is 0.100. The molecule has 28 heavy (non-hydrogen) atoms. The smallest absolute Gasteiger partial charge is 0.418 e. The van der Waals surface area contributed by atoms with E-state index in [-0.39, 0.29) is 16.4 Å². The van der Waals surface area contributed by atoms with E-state index in [0.717, 1.165) is 4.47 Å². The van der Waals surface area contributed by atoms with Crippen molar-refractivity contribution in [2.24, 2.45) is 0 Å². The van der Waals surface area contributed by atoms with Crippen molar-refractivity contribution in [1.29, 1.82) is 0 Å². The van der Waals surface area contributed by atoms with Crippen molar-refractivity contribution in [2.45, 2.75) is 10.6 Å². The Labute approximate surface area is 164 Å². The predicted octanol–water partition coefficient (Wildman–Crippen LogP) is 5.58. The molecule has 2 nitrogen and oxygen atoms in total. The molecule has 0 radical (unpaired) electrons. The Balaban J connectivity index is 0.000000500. The average Bonchev–Trinajstić information content (AvgIpc) is 2.67. The third-order valence-electron chi connectivity index (χ3n) is 3.84. The van der Waals surface area contributed by atoms with Gasteiger partial charge in [-0.25, -0.2) is 0 Å². The summed E-state index contributed by atoms with van der Waals surface area (Å²) >= 11 is -1.55. The van der Waals surface area contributed by atoms with Gasteiger partial charge in [0.15, 0.2) is 0 Å². The first-order chi connectivity index (χ1) is 13.2. The van der Waals surface area contributed by atoms with Gasteiger partial charge in [0.25, 0.3) is 0 Å². The Bertz CT molecular complexity index is 874. The van der Waals surface area contributed by atoms with Gasteiger partial charge in [0.05, 0.1) is 0 Å². The van der Waals surface area contributed by atoms with Crippen LogP contribution in [-0.2, 0) is 0 Å². The average molecular weight is 455 g/mol. The third-order valence-corrected chi connectivity index (χ3v) is 8.34. The van der Waals surface area contributed by atoms with Gasteiger partial charge in [-0.1, -0.05) is 0 Å². The van der Waals surface area contributed by atoms with Crippen molar-refractivity contribution in [3.8, 4) is 0 Å². The Morgan fingerprint density at radius 2 is 1.32 bits per heavy atom. The first-order valence-corrected chi connectivity index (χ1v) is 11.8. The molecule has 0 aromatic heterocycles. The molecule has 2 atom stereocenters. The van der Waals surface area contributed by atoms with E-state index in [1.165, 1.54) is 0 Å². The fourth-order valence-electron chi connectivity index (χ4n) is 2.57. The topological polar surface area (TPSA) is 34.1 Å². The summed E-state index contributed by atoms with van der Waals surface area (Å²) in [5.41, 5.74) is 1.40. The number of Topliss-reactive ketones (excluding diaryl/α,β-unsaturated/α-hetero) is 2. The molecule has 146 valence electrons. The van der Waals surface area contributed by atoms with Crippen LogP contribution in [-0.4, -0.2) is 32.7 Å². The summed E-state index contributed by atoms with van der Waals surface area (Å²) in [6.07, 6.45) is 5.68. The van der Waals surface area contributed by atoms with Crippen molar-refractivity contribution >= 4 is 32.7 Å². The van der Waals surface area contributed by atoms with Crippen LogP contribution < -0.4 is 0 Å². The molecule has 1 aliphatic rings. The van der Waals surface area contributed by atoms with Gasteiger partial charge in [0, 0.05) is 0 Å². The molecule has 0 saturated heterocycles. The van der Waals surface area contributed by atoms with Crippen molar-refractivity contribution in [3.63, 3.8) is 0 Å². The van der Waals surface area contributed by atoms with Crippen molar-refractivity contribution in [3.05, 3.63) is 94.5 Å². The maximum atomic E-state index is 12.8. The number of hydrogen-bond donors (Lipinski definition) is 0. The Morgan fingerprint density at radius 1 is 0.857 bits per heavy atom. The number of rotatable bonds is 4. The molecular weight excluding hydrogens is 438 g/mol. The molecule has 0 spiro atoms. The van der Waals surface area contributed by atoms with Crippen LogP contribution in [0.2, 0.25) is 10.6 Å². The minimum atomic E-state index is -6.00. The van der Waals surface area contributed by atoms with E-state index < -0.39 is 21.2 Å². The van der Waals surface area contributed by atoms with E-state index in [2.05, 4.69) is 5.82 Å². The van der Waals surface area contributed by atoms with Crippen LogP contribution in [0.4, 0.5) is 17.3 Å². The summed E-state index contributed by atoms with van der Waals surface area (Å²) < 4.78 is 39.8. The Morgan fingerprint density at radius 3 is 1.82 bits per heavy atom. The molecule has 2 aromatic rings. The van der Waals surface area contributed by atoms with E-state index in [1.807, 2.05) is 78.9 Å². The van der Waals surface area contributed by atoms with Gasteiger partial charge in [-0.3, -0.25) is 0 Å². The van der Waals surface area contributed by atoms with Crippen LogP contribution in [0.5, 0.6) is 0 Å². The molecule has 1 heterocycles. The third kappa shape index (κ3) is 6.32. The largest absolute Gasteiger partial charge is 0.673 e. The second kappa shape index (κ2) is 9.67. The molecule has 0 fully saturated rings. The van der Waals surface area contributed by atoms with Gasteiger partial charge < -0.3 is 17.3 Å². The van der Waals surface area contributed by atoms with E-state index in [4.69, 9.17) is 0 Å². The number of allylic oxidation sites excluding steroid dienone is 4. The second-order valence-corrected chi connectivity index (χ2v) is 10.1. The van der Waals surface area contributed by atoms with Crippen LogP contribution in [0.25, 0.3) is 0 Å². The molecule has 0 N–H and O–H groups in total. The summed E-state index contributed by atoms with van der Waals surface area (Å²) in [5, 5.41) is 0. The molecule has 2 aromatic carbocycles. The summed E-state index contributed by atoms with van der Waals surface area (Å²) in [6.45, 7) is 0. The van der Waals surface area contributed by atoms with Gasteiger partial charge in [-0.15, -0.1) is 0 Å². The molecule has 0 aliphatic carbocycles. The van der Waals surface area contributed by atoms with Crippen molar-refractivity contribution in [1.82, 2.24) is 0 Å². The minimum Gasteiger partial charge on any atom is -0.418 e. The number of ketones is 2. The zero-order valence-corrected chi connectivity index (χ0v) is 16.6.